The number of carbonyl (C=O) groups is 3. The Bertz CT molecular complexity index is 673. The predicted octanol–water partition coefficient (Wildman–Crippen LogP) is 1.68. The van der Waals surface area contributed by atoms with Gasteiger partial charge in [0.25, 0.3) is 5.91 Å². The second-order valence-corrected chi connectivity index (χ2v) is 6.53. The van der Waals surface area contributed by atoms with Gasteiger partial charge in [0.05, 0.1) is 0 Å². The first kappa shape index (κ1) is 17.2. The fourth-order valence-corrected chi connectivity index (χ4v) is 3.39. The molecule has 0 saturated heterocycles. The van der Waals surface area contributed by atoms with Gasteiger partial charge in [0.2, 0.25) is 11.8 Å². The largest absolute Gasteiger partial charge is 0.354 e. The Balaban J connectivity index is 1.43. The van der Waals surface area contributed by atoms with Crippen LogP contribution in [0.15, 0.2) is 30.8 Å². The van der Waals surface area contributed by atoms with Gasteiger partial charge in [0.15, 0.2) is 0 Å². The summed E-state index contributed by atoms with van der Waals surface area (Å²) in [5, 5.41) is 5.68. The Morgan fingerprint density at radius 3 is 2.48 bits per heavy atom. The Labute approximate surface area is 147 Å². The van der Waals surface area contributed by atoms with Crippen LogP contribution in [0.5, 0.6) is 0 Å². The van der Waals surface area contributed by atoms with Crippen molar-refractivity contribution in [2.75, 3.05) is 13.1 Å². The highest BCUT2D eigenvalue weighted by Crippen LogP contribution is 2.30. The normalized spacial score (nSPS) is 16.9. The molecule has 0 spiro atoms. The molecule has 6 heteroatoms. The van der Waals surface area contributed by atoms with Crippen molar-refractivity contribution in [1.29, 1.82) is 0 Å². The van der Waals surface area contributed by atoms with E-state index in [1.165, 1.54) is 4.90 Å². The van der Waals surface area contributed by atoms with Crippen molar-refractivity contribution >= 4 is 23.4 Å². The third-order valence-corrected chi connectivity index (χ3v) is 4.74. The number of fused-ring (bicyclic) bond motifs is 1. The van der Waals surface area contributed by atoms with Gasteiger partial charge in [-0.05, 0) is 18.9 Å². The van der Waals surface area contributed by atoms with E-state index >= 15 is 0 Å². The minimum absolute atomic E-state index is 0.0405. The summed E-state index contributed by atoms with van der Waals surface area (Å²) in [5.41, 5.74) is 1.86. The van der Waals surface area contributed by atoms with Crippen LogP contribution in [0.25, 0.3) is 5.70 Å². The molecule has 2 N–H and O–H groups in total. The molecule has 0 bridgehead atoms. The average Bonchev–Trinajstić information content (AvgIpc) is 3.18. The van der Waals surface area contributed by atoms with E-state index < -0.39 is 0 Å². The monoisotopic (exact) mass is 341 g/mol. The number of nitrogens with zero attached hydrogens (tertiary/aromatic N) is 1. The van der Waals surface area contributed by atoms with Crippen molar-refractivity contribution in [2.45, 2.75) is 38.1 Å². The van der Waals surface area contributed by atoms with Crippen LogP contribution >= 0.6 is 0 Å². The van der Waals surface area contributed by atoms with E-state index in [4.69, 9.17) is 0 Å². The number of amides is 3. The summed E-state index contributed by atoms with van der Waals surface area (Å²) >= 11 is 0. The van der Waals surface area contributed by atoms with Crippen molar-refractivity contribution in [1.82, 2.24) is 15.5 Å². The molecular weight excluding hydrogens is 318 g/mol. The van der Waals surface area contributed by atoms with Crippen LogP contribution in [0, 0.1) is 0 Å². The first-order valence-corrected chi connectivity index (χ1v) is 8.72. The molecule has 1 saturated carbocycles. The molecule has 3 amide bonds. The number of nitrogens with one attached hydrogen (secondary N) is 2. The number of carbonyl (C=O) groups excluding carboxylic acids is 3. The van der Waals surface area contributed by atoms with Gasteiger partial charge in [0, 0.05) is 35.8 Å². The van der Waals surface area contributed by atoms with Gasteiger partial charge in [-0.25, -0.2) is 0 Å². The third kappa shape index (κ3) is 3.90. The molecule has 2 aliphatic rings. The molecule has 3 rings (SSSR count). The SMILES string of the molecule is C=C1c2ccccc2C(=O)N1CC(=O)NCCC(=O)NC1CCCC1. The summed E-state index contributed by atoms with van der Waals surface area (Å²) < 4.78 is 0. The van der Waals surface area contributed by atoms with Crippen molar-refractivity contribution in [2.24, 2.45) is 0 Å². The minimum atomic E-state index is -0.295. The summed E-state index contributed by atoms with van der Waals surface area (Å²) in [6.45, 7) is 4.08. The van der Waals surface area contributed by atoms with Crippen LogP contribution in [0.3, 0.4) is 0 Å². The van der Waals surface area contributed by atoms with Gasteiger partial charge in [0.1, 0.15) is 6.54 Å². The molecule has 1 heterocycles. The highest BCUT2D eigenvalue weighted by molar-refractivity contribution is 6.10. The molecular formula is C19H23N3O3. The zero-order valence-corrected chi connectivity index (χ0v) is 14.2. The molecule has 0 radical (unpaired) electrons. The Kier molecular flexibility index (Phi) is 5.16. The Morgan fingerprint density at radius 2 is 1.80 bits per heavy atom. The first-order chi connectivity index (χ1) is 12.1. The van der Waals surface area contributed by atoms with Crippen LogP contribution in [-0.4, -0.2) is 41.8 Å². The fourth-order valence-electron chi connectivity index (χ4n) is 3.39. The smallest absolute Gasteiger partial charge is 0.259 e. The van der Waals surface area contributed by atoms with E-state index in [1.54, 1.807) is 12.1 Å². The molecule has 1 aromatic rings. The maximum Gasteiger partial charge on any atom is 0.259 e. The molecule has 25 heavy (non-hydrogen) atoms. The van der Waals surface area contributed by atoms with Crippen LogP contribution in [0.2, 0.25) is 0 Å². The molecule has 0 atom stereocenters. The zero-order chi connectivity index (χ0) is 17.8. The Hall–Kier alpha value is -2.63. The minimum Gasteiger partial charge on any atom is -0.354 e. The van der Waals surface area contributed by atoms with Gasteiger partial charge in [-0.3, -0.25) is 19.3 Å². The molecule has 1 fully saturated rings. The highest BCUT2D eigenvalue weighted by Gasteiger charge is 2.31. The molecule has 6 nitrogen and oxygen atoms in total. The summed E-state index contributed by atoms with van der Waals surface area (Å²) in [6, 6.07) is 7.46. The fraction of sp³-hybridized carbons (Fsp3) is 0.421. The molecule has 132 valence electrons. The summed E-state index contributed by atoms with van der Waals surface area (Å²) in [6.07, 6.45) is 4.66. The summed E-state index contributed by atoms with van der Waals surface area (Å²) in [4.78, 5) is 37.6. The lowest BCUT2D eigenvalue weighted by Gasteiger charge is -2.17. The maximum absolute atomic E-state index is 12.3. The first-order valence-electron chi connectivity index (χ1n) is 8.72. The van der Waals surface area contributed by atoms with E-state index in [2.05, 4.69) is 17.2 Å². The average molecular weight is 341 g/mol. The van der Waals surface area contributed by atoms with Crippen LogP contribution < -0.4 is 10.6 Å². The lowest BCUT2D eigenvalue weighted by Crippen LogP contribution is -2.39. The van der Waals surface area contributed by atoms with Crippen molar-refractivity contribution < 1.29 is 14.4 Å². The van der Waals surface area contributed by atoms with Gasteiger partial charge in [-0.2, -0.15) is 0 Å². The van der Waals surface area contributed by atoms with Gasteiger partial charge < -0.3 is 10.6 Å². The van der Waals surface area contributed by atoms with Crippen molar-refractivity contribution in [3.8, 4) is 0 Å². The van der Waals surface area contributed by atoms with Crippen molar-refractivity contribution in [3.63, 3.8) is 0 Å². The highest BCUT2D eigenvalue weighted by atomic mass is 16.2. The number of hydrogen-bond acceptors (Lipinski definition) is 3. The molecule has 1 aliphatic carbocycles. The summed E-state index contributed by atoms with van der Waals surface area (Å²) in [7, 11) is 0. The number of rotatable bonds is 6. The van der Waals surface area contributed by atoms with Gasteiger partial charge in [-0.15, -0.1) is 0 Å². The van der Waals surface area contributed by atoms with Crippen LogP contribution in [-0.2, 0) is 9.59 Å². The zero-order valence-electron chi connectivity index (χ0n) is 14.2. The van der Waals surface area contributed by atoms with E-state index in [0.29, 0.717) is 11.3 Å². The lowest BCUT2D eigenvalue weighted by molar-refractivity contribution is -0.122. The van der Waals surface area contributed by atoms with Gasteiger partial charge >= 0.3 is 0 Å². The van der Waals surface area contributed by atoms with E-state index in [-0.39, 0.29) is 43.3 Å². The lowest BCUT2D eigenvalue weighted by atomic mass is 10.1. The van der Waals surface area contributed by atoms with Crippen LogP contribution in [0.4, 0.5) is 0 Å². The standard InChI is InChI=1S/C19H23N3O3/c1-13-15-8-4-5-9-16(15)19(25)22(13)12-18(24)20-11-10-17(23)21-14-6-2-3-7-14/h4-5,8-9,14H,1-3,6-7,10-12H2,(H,20,24)(H,21,23). The van der Waals surface area contributed by atoms with E-state index in [0.717, 1.165) is 31.2 Å². The van der Waals surface area contributed by atoms with E-state index in [1.807, 2.05) is 12.1 Å². The van der Waals surface area contributed by atoms with E-state index in [9.17, 15) is 14.4 Å². The topological polar surface area (TPSA) is 78.5 Å². The summed E-state index contributed by atoms with van der Waals surface area (Å²) in [5.74, 6) is -0.549. The molecule has 1 aromatic carbocycles. The second kappa shape index (κ2) is 7.51. The van der Waals surface area contributed by atoms with Crippen molar-refractivity contribution in [3.05, 3.63) is 42.0 Å². The maximum atomic E-state index is 12.3. The quantitative estimate of drug-likeness (QED) is 0.826. The van der Waals surface area contributed by atoms with Crippen LogP contribution in [0.1, 0.15) is 48.0 Å². The third-order valence-electron chi connectivity index (χ3n) is 4.74. The second-order valence-electron chi connectivity index (χ2n) is 6.53. The predicted molar refractivity (Wildman–Crippen MR) is 94.5 cm³/mol. The molecule has 0 aromatic heterocycles. The number of benzene rings is 1. The molecule has 1 aliphatic heterocycles. The number of hydrogen-bond donors (Lipinski definition) is 2. The van der Waals surface area contributed by atoms with Gasteiger partial charge in [-0.1, -0.05) is 37.6 Å². The molecule has 0 unspecified atom stereocenters. The Morgan fingerprint density at radius 1 is 1.12 bits per heavy atom.